The van der Waals surface area contributed by atoms with Gasteiger partial charge in [0.1, 0.15) is 16.7 Å². The second-order valence-corrected chi connectivity index (χ2v) is 8.88. The molecule has 158 valence electrons. The Morgan fingerprint density at radius 2 is 2.27 bits per heavy atom. The first-order chi connectivity index (χ1) is 14.5. The fourth-order valence-electron chi connectivity index (χ4n) is 3.79. The number of anilines is 1. The summed E-state index contributed by atoms with van der Waals surface area (Å²) in [7, 11) is 0. The van der Waals surface area contributed by atoms with Crippen molar-refractivity contribution in [3.05, 3.63) is 63.3 Å². The highest BCUT2D eigenvalue weighted by molar-refractivity contribution is 7.17. The fraction of sp³-hybridized carbons (Fsp3) is 0.409. The Balaban J connectivity index is 1.54. The lowest BCUT2D eigenvalue weighted by atomic mass is 10.0. The molecule has 0 unspecified atom stereocenters. The van der Waals surface area contributed by atoms with Crippen LogP contribution in [0.4, 0.5) is 5.13 Å². The summed E-state index contributed by atoms with van der Waals surface area (Å²) in [4.78, 5) is 24.9. The van der Waals surface area contributed by atoms with E-state index in [9.17, 15) is 4.79 Å². The number of hydrogen-bond acceptors (Lipinski definition) is 6. The quantitative estimate of drug-likeness (QED) is 0.544. The molecule has 1 amide bonds. The summed E-state index contributed by atoms with van der Waals surface area (Å²) in [5.74, 6) is 1.39. The van der Waals surface area contributed by atoms with Crippen LogP contribution >= 0.6 is 22.9 Å². The Morgan fingerprint density at radius 3 is 3.07 bits per heavy atom. The summed E-state index contributed by atoms with van der Waals surface area (Å²) in [6.45, 7) is 5.38. The molecule has 1 aromatic carbocycles. The number of benzene rings is 1. The molecule has 3 heterocycles. The number of hydrogen-bond donors (Lipinski definition) is 1. The number of likely N-dealkylation sites (tertiary alicyclic amines) is 1. The number of amides is 1. The number of aryl methyl sites for hydroxylation is 1. The van der Waals surface area contributed by atoms with Crippen LogP contribution in [0, 0.1) is 6.92 Å². The number of halogens is 1. The van der Waals surface area contributed by atoms with Crippen molar-refractivity contribution in [2.24, 2.45) is 0 Å². The van der Waals surface area contributed by atoms with Crippen molar-refractivity contribution in [1.82, 2.24) is 14.9 Å². The molecule has 1 N–H and O–H groups in total. The van der Waals surface area contributed by atoms with Gasteiger partial charge < -0.3 is 14.6 Å². The highest BCUT2D eigenvalue weighted by atomic mass is 35.5. The van der Waals surface area contributed by atoms with Crippen molar-refractivity contribution in [3.8, 4) is 0 Å². The maximum atomic E-state index is 13.3. The number of thiazole rings is 1. The Labute approximate surface area is 185 Å². The lowest BCUT2D eigenvalue weighted by Gasteiger charge is -2.33. The Bertz CT molecular complexity index is 1030. The minimum absolute atomic E-state index is 0.00782. The monoisotopic (exact) mass is 444 g/mol. The third-order valence-corrected chi connectivity index (χ3v) is 6.54. The Morgan fingerprint density at radius 1 is 1.40 bits per heavy atom. The van der Waals surface area contributed by atoms with Crippen LogP contribution in [0.25, 0.3) is 0 Å². The molecule has 3 aromatic rings. The maximum Gasteiger partial charge on any atom is 0.266 e. The molecule has 1 saturated heterocycles. The van der Waals surface area contributed by atoms with Gasteiger partial charge in [0, 0.05) is 24.5 Å². The van der Waals surface area contributed by atoms with Crippen molar-refractivity contribution in [3.63, 3.8) is 0 Å². The van der Waals surface area contributed by atoms with E-state index in [1.165, 1.54) is 11.3 Å². The molecule has 0 aliphatic carbocycles. The summed E-state index contributed by atoms with van der Waals surface area (Å²) in [5.41, 5.74) is 1.83. The summed E-state index contributed by atoms with van der Waals surface area (Å²) in [5, 5.41) is 4.68. The maximum absolute atomic E-state index is 13.3. The predicted molar refractivity (Wildman–Crippen MR) is 119 cm³/mol. The van der Waals surface area contributed by atoms with E-state index in [4.69, 9.17) is 16.0 Å². The second-order valence-electron chi connectivity index (χ2n) is 7.45. The molecule has 6 nitrogen and oxygen atoms in total. The summed E-state index contributed by atoms with van der Waals surface area (Å²) >= 11 is 7.50. The van der Waals surface area contributed by atoms with Gasteiger partial charge in [-0.3, -0.25) is 4.79 Å². The van der Waals surface area contributed by atoms with Crippen LogP contribution in [0.2, 0.25) is 5.02 Å². The van der Waals surface area contributed by atoms with Crippen LogP contribution in [0.15, 0.2) is 34.9 Å². The summed E-state index contributed by atoms with van der Waals surface area (Å²) in [6.07, 6.45) is 5.25. The third kappa shape index (κ3) is 4.52. The minimum Gasteiger partial charge on any atom is -0.443 e. The average molecular weight is 445 g/mol. The molecule has 0 radical (unpaired) electrons. The topological polar surface area (TPSA) is 71.3 Å². The van der Waals surface area contributed by atoms with E-state index in [1.807, 2.05) is 43.0 Å². The smallest absolute Gasteiger partial charge is 0.266 e. The van der Waals surface area contributed by atoms with Crippen molar-refractivity contribution < 1.29 is 9.21 Å². The highest BCUT2D eigenvalue weighted by Crippen LogP contribution is 2.34. The lowest BCUT2D eigenvalue weighted by Crippen LogP contribution is -2.38. The number of aromatic nitrogens is 2. The zero-order valence-corrected chi connectivity index (χ0v) is 18.7. The van der Waals surface area contributed by atoms with Gasteiger partial charge >= 0.3 is 0 Å². The molecule has 2 aromatic heterocycles. The van der Waals surface area contributed by atoms with Gasteiger partial charge in [-0.05, 0) is 50.8 Å². The SMILES string of the molecule is CCNc1nc(C)c(C(=O)N2CCCC[C@@H]2c2ncc(Cc3cccc(Cl)c3)o2)s1. The van der Waals surface area contributed by atoms with Crippen LogP contribution in [-0.2, 0) is 6.42 Å². The summed E-state index contributed by atoms with van der Waals surface area (Å²) < 4.78 is 6.08. The van der Waals surface area contributed by atoms with Crippen LogP contribution in [0.5, 0.6) is 0 Å². The molecule has 0 bridgehead atoms. The molecule has 8 heteroatoms. The fourth-order valence-corrected chi connectivity index (χ4v) is 4.99. The van der Waals surface area contributed by atoms with Gasteiger partial charge in [0.05, 0.1) is 11.9 Å². The molecule has 0 spiro atoms. The molecule has 1 aliphatic heterocycles. The normalized spacial score (nSPS) is 16.6. The molecule has 4 rings (SSSR count). The van der Waals surface area contributed by atoms with Gasteiger partial charge in [0.15, 0.2) is 5.13 Å². The molecule has 1 aliphatic rings. The molecular weight excluding hydrogens is 420 g/mol. The minimum atomic E-state index is -0.150. The van der Waals surface area contributed by atoms with Crippen molar-refractivity contribution in [2.75, 3.05) is 18.4 Å². The first-order valence-electron chi connectivity index (χ1n) is 10.3. The number of nitrogens with zero attached hydrogens (tertiary/aromatic N) is 3. The van der Waals surface area contributed by atoms with Gasteiger partial charge in [-0.15, -0.1) is 0 Å². The molecular formula is C22H25ClN4O2S. The van der Waals surface area contributed by atoms with Crippen LogP contribution in [0.1, 0.15) is 64.8 Å². The van der Waals surface area contributed by atoms with E-state index in [-0.39, 0.29) is 11.9 Å². The molecule has 1 atom stereocenters. The number of carbonyl (C=O) groups excluding carboxylic acids is 1. The van der Waals surface area contributed by atoms with Crippen LogP contribution in [-0.4, -0.2) is 33.9 Å². The second kappa shape index (κ2) is 9.18. The first kappa shape index (κ1) is 20.9. The van der Waals surface area contributed by atoms with Crippen molar-refractivity contribution in [2.45, 2.75) is 45.6 Å². The van der Waals surface area contributed by atoms with Crippen LogP contribution in [0.3, 0.4) is 0 Å². The molecule has 1 fully saturated rings. The Kier molecular flexibility index (Phi) is 6.39. The molecule has 30 heavy (non-hydrogen) atoms. The molecule has 0 saturated carbocycles. The number of rotatable bonds is 6. The van der Waals surface area contributed by atoms with E-state index in [0.29, 0.717) is 28.8 Å². The van der Waals surface area contributed by atoms with E-state index in [2.05, 4.69) is 15.3 Å². The van der Waals surface area contributed by atoms with Crippen molar-refractivity contribution in [1.29, 1.82) is 0 Å². The largest absolute Gasteiger partial charge is 0.443 e. The number of nitrogens with one attached hydrogen (secondary N) is 1. The van der Waals surface area contributed by atoms with E-state index in [1.54, 1.807) is 6.20 Å². The Hall–Kier alpha value is -2.38. The number of oxazole rings is 1. The van der Waals surface area contributed by atoms with Crippen molar-refractivity contribution >= 4 is 34.0 Å². The van der Waals surface area contributed by atoms with Gasteiger partial charge in [-0.1, -0.05) is 35.1 Å². The zero-order valence-electron chi connectivity index (χ0n) is 17.2. The van der Waals surface area contributed by atoms with Gasteiger partial charge in [0.25, 0.3) is 5.91 Å². The average Bonchev–Trinajstić information content (AvgIpc) is 3.34. The van der Waals surface area contributed by atoms with E-state index in [0.717, 1.165) is 48.0 Å². The van der Waals surface area contributed by atoms with Gasteiger partial charge in [-0.2, -0.15) is 0 Å². The lowest BCUT2D eigenvalue weighted by molar-refractivity contribution is 0.0574. The third-order valence-electron chi connectivity index (χ3n) is 5.21. The van der Waals surface area contributed by atoms with Gasteiger partial charge in [-0.25, -0.2) is 9.97 Å². The summed E-state index contributed by atoms with van der Waals surface area (Å²) in [6, 6.07) is 7.57. The highest BCUT2D eigenvalue weighted by Gasteiger charge is 2.33. The van der Waals surface area contributed by atoms with E-state index >= 15 is 0 Å². The van der Waals surface area contributed by atoms with E-state index < -0.39 is 0 Å². The van der Waals surface area contributed by atoms with Gasteiger partial charge in [0.2, 0.25) is 5.89 Å². The predicted octanol–water partition coefficient (Wildman–Crippen LogP) is 5.48. The number of carbonyl (C=O) groups is 1. The van der Waals surface area contributed by atoms with Crippen LogP contribution < -0.4 is 5.32 Å². The number of piperidine rings is 1. The standard InChI is InChI=1S/C22H25ClN4O2S/c1-3-24-22-26-14(2)19(30-22)21(28)27-10-5-4-9-18(27)20-25-13-17(29-20)12-15-7-6-8-16(23)11-15/h6-8,11,13,18H,3-5,9-10,12H2,1-2H3,(H,24,26)/t18-/m1/s1. The first-order valence-corrected chi connectivity index (χ1v) is 11.5. The zero-order chi connectivity index (χ0) is 21.1.